The molecule has 1 unspecified atom stereocenters. The van der Waals surface area contributed by atoms with E-state index in [0.717, 1.165) is 35.7 Å². The maximum Gasteiger partial charge on any atom is 0.123 e. The molecule has 3 heteroatoms. The van der Waals surface area contributed by atoms with Gasteiger partial charge in [-0.1, -0.05) is 29.3 Å². The average Bonchev–Trinajstić information content (AvgIpc) is 2.20. The minimum Gasteiger partial charge on any atom is -0.328 e. The number of rotatable bonds is 5. The van der Waals surface area contributed by atoms with Crippen LogP contribution in [0.2, 0.25) is 0 Å². The van der Waals surface area contributed by atoms with Gasteiger partial charge in [0.15, 0.2) is 0 Å². The maximum absolute atomic E-state index is 13.0. The fraction of sp³-hybridized carbons (Fsp3) is 0.500. The SMILES string of the molecule is CCCC(N)CCc1cc(F)ccc1Br. The Kier molecular flexibility index (Phi) is 5.26. The molecule has 0 aliphatic heterocycles. The summed E-state index contributed by atoms with van der Waals surface area (Å²) in [4.78, 5) is 0. The van der Waals surface area contributed by atoms with Crippen molar-refractivity contribution in [1.29, 1.82) is 0 Å². The Morgan fingerprint density at radius 3 is 2.80 bits per heavy atom. The van der Waals surface area contributed by atoms with Gasteiger partial charge in [-0.05, 0) is 43.0 Å². The van der Waals surface area contributed by atoms with E-state index >= 15 is 0 Å². The van der Waals surface area contributed by atoms with E-state index in [9.17, 15) is 4.39 Å². The first-order valence-corrected chi connectivity index (χ1v) is 6.12. The molecule has 0 fully saturated rings. The van der Waals surface area contributed by atoms with E-state index in [-0.39, 0.29) is 11.9 Å². The largest absolute Gasteiger partial charge is 0.328 e. The van der Waals surface area contributed by atoms with Gasteiger partial charge in [-0.2, -0.15) is 0 Å². The predicted molar refractivity (Wildman–Crippen MR) is 65.3 cm³/mol. The van der Waals surface area contributed by atoms with E-state index in [0.29, 0.717) is 0 Å². The Balaban J connectivity index is 2.53. The normalized spacial score (nSPS) is 12.8. The summed E-state index contributed by atoms with van der Waals surface area (Å²) in [5.41, 5.74) is 6.91. The number of benzene rings is 1. The molecule has 1 nitrogen and oxygen atoms in total. The molecule has 0 aliphatic carbocycles. The highest BCUT2D eigenvalue weighted by Crippen LogP contribution is 2.20. The van der Waals surface area contributed by atoms with Crippen molar-refractivity contribution in [2.24, 2.45) is 5.73 Å². The summed E-state index contributed by atoms with van der Waals surface area (Å²) < 4.78 is 13.9. The Hall–Kier alpha value is -0.410. The van der Waals surface area contributed by atoms with E-state index in [4.69, 9.17) is 5.73 Å². The molecule has 0 radical (unpaired) electrons. The molecule has 0 saturated carbocycles. The molecule has 1 rings (SSSR count). The Morgan fingerprint density at radius 2 is 2.13 bits per heavy atom. The highest BCUT2D eigenvalue weighted by molar-refractivity contribution is 9.10. The van der Waals surface area contributed by atoms with E-state index in [1.54, 1.807) is 12.1 Å². The summed E-state index contributed by atoms with van der Waals surface area (Å²) in [5.74, 6) is -0.183. The monoisotopic (exact) mass is 273 g/mol. The minimum absolute atomic E-state index is 0.183. The number of nitrogens with two attached hydrogens (primary N) is 1. The van der Waals surface area contributed by atoms with Gasteiger partial charge >= 0.3 is 0 Å². The van der Waals surface area contributed by atoms with Crippen LogP contribution in [0.5, 0.6) is 0 Å². The Morgan fingerprint density at radius 1 is 1.40 bits per heavy atom. The van der Waals surface area contributed by atoms with Crippen molar-refractivity contribution >= 4 is 15.9 Å². The fourth-order valence-electron chi connectivity index (χ4n) is 1.59. The molecule has 0 aromatic heterocycles. The van der Waals surface area contributed by atoms with Gasteiger partial charge in [0.1, 0.15) is 5.82 Å². The molecule has 1 aromatic rings. The molecule has 2 N–H and O–H groups in total. The zero-order chi connectivity index (χ0) is 11.3. The van der Waals surface area contributed by atoms with Gasteiger partial charge in [-0.25, -0.2) is 4.39 Å². The summed E-state index contributed by atoms with van der Waals surface area (Å²) in [6, 6.07) is 5.00. The van der Waals surface area contributed by atoms with Crippen molar-refractivity contribution in [3.05, 3.63) is 34.1 Å². The van der Waals surface area contributed by atoms with Gasteiger partial charge in [0.2, 0.25) is 0 Å². The van der Waals surface area contributed by atoms with Crippen LogP contribution >= 0.6 is 15.9 Å². The van der Waals surface area contributed by atoms with Crippen LogP contribution in [0.4, 0.5) is 4.39 Å². The van der Waals surface area contributed by atoms with Crippen LogP contribution in [0, 0.1) is 5.82 Å². The lowest BCUT2D eigenvalue weighted by atomic mass is 10.0. The van der Waals surface area contributed by atoms with E-state index < -0.39 is 0 Å². The van der Waals surface area contributed by atoms with E-state index in [1.807, 2.05) is 0 Å². The third-order valence-electron chi connectivity index (χ3n) is 2.45. The Labute approximate surface area is 99.0 Å². The summed E-state index contributed by atoms with van der Waals surface area (Å²) in [7, 11) is 0. The summed E-state index contributed by atoms with van der Waals surface area (Å²) >= 11 is 3.41. The molecular formula is C12H17BrFN. The lowest BCUT2D eigenvalue weighted by molar-refractivity contribution is 0.558. The van der Waals surface area contributed by atoms with Crippen LogP contribution in [0.25, 0.3) is 0 Å². The second-order valence-electron chi connectivity index (χ2n) is 3.82. The van der Waals surface area contributed by atoms with E-state index in [2.05, 4.69) is 22.9 Å². The zero-order valence-corrected chi connectivity index (χ0v) is 10.6. The smallest absolute Gasteiger partial charge is 0.123 e. The van der Waals surface area contributed by atoms with Gasteiger partial charge in [-0.15, -0.1) is 0 Å². The second-order valence-corrected chi connectivity index (χ2v) is 4.68. The standard InChI is InChI=1S/C12H17BrFN/c1-2-3-11(15)6-4-9-8-10(14)5-7-12(9)13/h5,7-8,11H,2-4,6,15H2,1H3. The molecule has 15 heavy (non-hydrogen) atoms. The lowest BCUT2D eigenvalue weighted by Gasteiger charge is -2.10. The number of halogens is 2. The molecule has 0 amide bonds. The van der Waals surface area contributed by atoms with Crippen molar-refractivity contribution in [3.8, 4) is 0 Å². The van der Waals surface area contributed by atoms with Crippen LogP contribution in [-0.2, 0) is 6.42 Å². The molecule has 1 aromatic carbocycles. The predicted octanol–water partition coefficient (Wildman–Crippen LogP) is 3.65. The lowest BCUT2D eigenvalue weighted by Crippen LogP contribution is -2.20. The zero-order valence-electron chi connectivity index (χ0n) is 8.97. The van der Waals surface area contributed by atoms with Crippen LogP contribution in [-0.4, -0.2) is 6.04 Å². The Bertz CT molecular complexity index is 314. The highest BCUT2D eigenvalue weighted by atomic mass is 79.9. The third-order valence-corrected chi connectivity index (χ3v) is 3.23. The van der Waals surface area contributed by atoms with Crippen molar-refractivity contribution in [2.75, 3.05) is 0 Å². The molecule has 0 heterocycles. The highest BCUT2D eigenvalue weighted by Gasteiger charge is 2.05. The van der Waals surface area contributed by atoms with Gasteiger partial charge in [0, 0.05) is 10.5 Å². The quantitative estimate of drug-likeness (QED) is 0.871. The summed E-state index contributed by atoms with van der Waals surface area (Å²) in [6.45, 7) is 2.12. The number of hydrogen-bond donors (Lipinski definition) is 1. The first-order chi connectivity index (χ1) is 7.13. The van der Waals surface area contributed by atoms with Crippen LogP contribution < -0.4 is 5.73 Å². The van der Waals surface area contributed by atoms with Crippen LogP contribution in [0.3, 0.4) is 0 Å². The van der Waals surface area contributed by atoms with Crippen LogP contribution in [0.15, 0.2) is 22.7 Å². The van der Waals surface area contributed by atoms with Crippen molar-refractivity contribution in [2.45, 2.75) is 38.6 Å². The fourth-order valence-corrected chi connectivity index (χ4v) is 2.04. The third kappa shape index (κ3) is 4.31. The molecule has 0 spiro atoms. The van der Waals surface area contributed by atoms with Gasteiger partial charge < -0.3 is 5.73 Å². The topological polar surface area (TPSA) is 26.0 Å². The van der Waals surface area contributed by atoms with Gasteiger partial charge in [0.05, 0.1) is 0 Å². The molecule has 0 bridgehead atoms. The minimum atomic E-state index is -0.183. The van der Waals surface area contributed by atoms with Crippen LogP contribution in [0.1, 0.15) is 31.7 Å². The van der Waals surface area contributed by atoms with Crippen molar-refractivity contribution in [1.82, 2.24) is 0 Å². The van der Waals surface area contributed by atoms with Gasteiger partial charge in [0.25, 0.3) is 0 Å². The summed E-state index contributed by atoms with van der Waals surface area (Å²) in [5, 5.41) is 0. The van der Waals surface area contributed by atoms with Crippen molar-refractivity contribution in [3.63, 3.8) is 0 Å². The van der Waals surface area contributed by atoms with E-state index in [1.165, 1.54) is 6.07 Å². The summed E-state index contributed by atoms with van der Waals surface area (Å²) in [6.07, 6.45) is 3.88. The average molecular weight is 274 g/mol. The van der Waals surface area contributed by atoms with Crippen molar-refractivity contribution < 1.29 is 4.39 Å². The molecule has 0 aliphatic rings. The second kappa shape index (κ2) is 6.23. The molecular weight excluding hydrogens is 257 g/mol. The molecule has 84 valence electrons. The number of hydrogen-bond acceptors (Lipinski definition) is 1. The molecule has 1 atom stereocenters. The first kappa shape index (κ1) is 12.7. The maximum atomic E-state index is 13.0. The molecule has 0 saturated heterocycles. The first-order valence-electron chi connectivity index (χ1n) is 5.33. The van der Waals surface area contributed by atoms with Gasteiger partial charge in [-0.3, -0.25) is 0 Å². The number of aryl methyl sites for hydroxylation is 1.